The number of rotatable bonds is 17. The van der Waals surface area contributed by atoms with Crippen LogP contribution in [-0.4, -0.2) is 24.0 Å². The van der Waals surface area contributed by atoms with E-state index in [1.807, 2.05) is 0 Å². The largest absolute Gasteiger partial charge is 0.481 e. The van der Waals surface area contributed by atoms with Crippen LogP contribution in [0.25, 0.3) is 0 Å². The SMILES string of the molecule is O=CNCCCCCCCCCCCCCCCC(=O)O. The van der Waals surface area contributed by atoms with Gasteiger partial charge in [0.25, 0.3) is 0 Å². The Balaban J connectivity index is 2.96. The fraction of sp³-hybridized carbons (Fsp3) is 0.882. The van der Waals surface area contributed by atoms with E-state index in [9.17, 15) is 9.59 Å². The molecule has 4 heteroatoms. The number of hydrogen-bond acceptors (Lipinski definition) is 2. The van der Waals surface area contributed by atoms with Crippen molar-refractivity contribution in [3.05, 3.63) is 0 Å². The summed E-state index contributed by atoms with van der Waals surface area (Å²) in [5, 5.41) is 11.2. The predicted octanol–water partition coefficient (Wildman–Crippen LogP) is 4.28. The van der Waals surface area contributed by atoms with Gasteiger partial charge in [-0.15, -0.1) is 0 Å². The summed E-state index contributed by atoms with van der Waals surface area (Å²) in [5.41, 5.74) is 0. The van der Waals surface area contributed by atoms with E-state index in [1.54, 1.807) is 0 Å². The van der Waals surface area contributed by atoms with Gasteiger partial charge in [-0.05, 0) is 12.8 Å². The first-order chi connectivity index (χ1) is 10.3. The first kappa shape index (κ1) is 19.9. The van der Waals surface area contributed by atoms with Crippen molar-refractivity contribution < 1.29 is 14.7 Å². The van der Waals surface area contributed by atoms with Crippen LogP contribution in [-0.2, 0) is 9.59 Å². The van der Waals surface area contributed by atoms with Crippen LogP contribution in [0.4, 0.5) is 0 Å². The van der Waals surface area contributed by atoms with Crippen LogP contribution in [0.2, 0.25) is 0 Å². The Hall–Kier alpha value is -1.06. The average Bonchev–Trinajstić information content (AvgIpc) is 2.46. The Labute approximate surface area is 129 Å². The van der Waals surface area contributed by atoms with Gasteiger partial charge in [0.1, 0.15) is 0 Å². The van der Waals surface area contributed by atoms with E-state index < -0.39 is 5.97 Å². The highest BCUT2D eigenvalue weighted by Crippen LogP contribution is 2.12. The minimum atomic E-state index is -0.671. The lowest BCUT2D eigenvalue weighted by Gasteiger charge is -2.03. The number of carbonyl (C=O) groups is 2. The van der Waals surface area contributed by atoms with E-state index in [2.05, 4.69) is 5.32 Å². The van der Waals surface area contributed by atoms with Gasteiger partial charge >= 0.3 is 5.97 Å². The zero-order chi connectivity index (χ0) is 15.6. The molecule has 4 nitrogen and oxygen atoms in total. The molecule has 0 aromatic rings. The first-order valence-electron chi connectivity index (χ1n) is 8.66. The first-order valence-corrected chi connectivity index (χ1v) is 8.66. The summed E-state index contributed by atoms with van der Waals surface area (Å²) >= 11 is 0. The van der Waals surface area contributed by atoms with Gasteiger partial charge in [-0.3, -0.25) is 9.59 Å². The molecule has 124 valence electrons. The molecule has 0 aliphatic heterocycles. The molecule has 0 saturated carbocycles. The molecule has 0 heterocycles. The van der Waals surface area contributed by atoms with E-state index in [-0.39, 0.29) is 0 Å². The lowest BCUT2D eigenvalue weighted by atomic mass is 10.0. The van der Waals surface area contributed by atoms with E-state index in [4.69, 9.17) is 5.11 Å². The van der Waals surface area contributed by atoms with Crippen LogP contribution < -0.4 is 5.32 Å². The number of unbranched alkanes of at least 4 members (excludes halogenated alkanes) is 12. The summed E-state index contributed by atoms with van der Waals surface area (Å²) in [5.74, 6) is -0.671. The van der Waals surface area contributed by atoms with E-state index in [0.717, 1.165) is 32.2 Å². The predicted molar refractivity (Wildman–Crippen MR) is 86.3 cm³/mol. The Kier molecular flexibility index (Phi) is 16.1. The molecule has 21 heavy (non-hydrogen) atoms. The Morgan fingerprint density at radius 1 is 0.714 bits per heavy atom. The molecule has 0 rings (SSSR count). The lowest BCUT2D eigenvalue weighted by molar-refractivity contribution is -0.137. The maximum absolute atomic E-state index is 10.3. The number of carboxylic acids is 1. The van der Waals surface area contributed by atoms with Crippen LogP contribution in [0.1, 0.15) is 89.9 Å². The van der Waals surface area contributed by atoms with Gasteiger partial charge in [-0.2, -0.15) is 0 Å². The second kappa shape index (κ2) is 17.0. The standard InChI is InChI=1S/C17H33NO3/c19-16-18-15-13-11-9-7-5-3-1-2-4-6-8-10-12-14-17(20)21/h16H,1-15H2,(H,18,19)(H,20,21). The maximum Gasteiger partial charge on any atom is 0.303 e. The van der Waals surface area contributed by atoms with Gasteiger partial charge < -0.3 is 10.4 Å². The highest BCUT2D eigenvalue weighted by atomic mass is 16.4. The zero-order valence-corrected chi connectivity index (χ0v) is 13.4. The summed E-state index contributed by atoms with van der Waals surface area (Å²) in [6.07, 6.45) is 17.0. The van der Waals surface area contributed by atoms with Crippen LogP contribution >= 0.6 is 0 Å². The number of hydrogen-bond donors (Lipinski definition) is 2. The third-order valence-corrected chi connectivity index (χ3v) is 3.80. The van der Waals surface area contributed by atoms with Crippen molar-refractivity contribution in [1.82, 2.24) is 5.32 Å². The number of carbonyl (C=O) groups excluding carboxylic acids is 1. The molecular formula is C17H33NO3. The zero-order valence-electron chi connectivity index (χ0n) is 13.4. The van der Waals surface area contributed by atoms with Crippen molar-refractivity contribution in [2.45, 2.75) is 89.9 Å². The van der Waals surface area contributed by atoms with Crippen LogP contribution in [0.15, 0.2) is 0 Å². The molecule has 0 aliphatic carbocycles. The van der Waals surface area contributed by atoms with Crippen LogP contribution in [0.5, 0.6) is 0 Å². The van der Waals surface area contributed by atoms with Crippen molar-refractivity contribution in [3.63, 3.8) is 0 Å². The number of carboxylic acid groups (broad SMARTS) is 1. The smallest absolute Gasteiger partial charge is 0.303 e. The maximum atomic E-state index is 10.3. The minimum absolute atomic E-state index is 0.325. The van der Waals surface area contributed by atoms with Crippen molar-refractivity contribution in [2.24, 2.45) is 0 Å². The van der Waals surface area contributed by atoms with Crippen molar-refractivity contribution in [2.75, 3.05) is 6.54 Å². The van der Waals surface area contributed by atoms with Crippen LogP contribution in [0, 0.1) is 0 Å². The number of nitrogens with one attached hydrogen (secondary N) is 1. The summed E-state index contributed by atoms with van der Waals surface area (Å²) in [6, 6.07) is 0. The van der Waals surface area contributed by atoms with E-state index in [0.29, 0.717) is 6.42 Å². The average molecular weight is 299 g/mol. The third kappa shape index (κ3) is 18.9. The van der Waals surface area contributed by atoms with Crippen molar-refractivity contribution in [1.29, 1.82) is 0 Å². The van der Waals surface area contributed by atoms with Gasteiger partial charge in [0.15, 0.2) is 0 Å². The fourth-order valence-electron chi connectivity index (χ4n) is 2.51. The lowest BCUT2D eigenvalue weighted by Crippen LogP contribution is -2.11. The van der Waals surface area contributed by atoms with Crippen molar-refractivity contribution in [3.8, 4) is 0 Å². The molecule has 0 atom stereocenters. The Morgan fingerprint density at radius 2 is 1.10 bits per heavy atom. The molecule has 0 aliphatic rings. The second-order valence-corrected chi connectivity index (χ2v) is 5.81. The van der Waals surface area contributed by atoms with Gasteiger partial charge in [0, 0.05) is 13.0 Å². The molecule has 1 amide bonds. The van der Waals surface area contributed by atoms with E-state index in [1.165, 1.54) is 64.2 Å². The van der Waals surface area contributed by atoms with Gasteiger partial charge in [-0.1, -0.05) is 70.6 Å². The topological polar surface area (TPSA) is 66.4 Å². The third-order valence-electron chi connectivity index (χ3n) is 3.80. The normalized spacial score (nSPS) is 10.5. The highest BCUT2D eigenvalue weighted by Gasteiger charge is 1.97. The van der Waals surface area contributed by atoms with Gasteiger partial charge in [0.05, 0.1) is 0 Å². The summed E-state index contributed by atoms with van der Waals surface area (Å²) < 4.78 is 0. The van der Waals surface area contributed by atoms with Crippen molar-refractivity contribution >= 4 is 12.4 Å². The number of amides is 1. The molecule has 0 bridgehead atoms. The fourth-order valence-corrected chi connectivity index (χ4v) is 2.51. The molecule has 0 saturated heterocycles. The van der Waals surface area contributed by atoms with E-state index >= 15 is 0 Å². The molecule has 0 fully saturated rings. The molecular weight excluding hydrogens is 266 g/mol. The summed E-state index contributed by atoms with van der Waals surface area (Å²) in [7, 11) is 0. The minimum Gasteiger partial charge on any atom is -0.481 e. The molecule has 0 unspecified atom stereocenters. The highest BCUT2D eigenvalue weighted by molar-refractivity contribution is 5.66. The summed E-state index contributed by atoms with van der Waals surface area (Å²) in [4.78, 5) is 20.4. The van der Waals surface area contributed by atoms with Gasteiger partial charge in [-0.25, -0.2) is 0 Å². The molecule has 0 aromatic carbocycles. The quantitative estimate of drug-likeness (QED) is 0.311. The second-order valence-electron chi connectivity index (χ2n) is 5.81. The van der Waals surface area contributed by atoms with Gasteiger partial charge in [0.2, 0.25) is 6.41 Å². The number of aliphatic carboxylic acids is 1. The molecule has 0 aromatic heterocycles. The Bertz CT molecular complexity index is 244. The monoisotopic (exact) mass is 299 g/mol. The molecule has 2 N–H and O–H groups in total. The van der Waals surface area contributed by atoms with Crippen LogP contribution in [0.3, 0.4) is 0 Å². The molecule has 0 spiro atoms. The molecule has 0 radical (unpaired) electrons. The summed E-state index contributed by atoms with van der Waals surface area (Å²) in [6.45, 7) is 0.815. The Morgan fingerprint density at radius 3 is 1.48 bits per heavy atom.